The van der Waals surface area contributed by atoms with Crippen molar-refractivity contribution in [3.63, 3.8) is 0 Å². The summed E-state index contributed by atoms with van der Waals surface area (Å²) in [5, 5.41) is 9.03. The lowest BCUT2D eigenvalue weighted by Crippen LogP contribution is -2.24. The molecular formula is C20H18ClN3O2S3. The third-order valence-corrected chi connectivity index (χ3v) is 7.15. The van der Waals surface area contributed by atoms with Crippen LogP contribution in [0.3, 0.4) is 0 Å². The Kier molecular flexibility index (Phi) is 6.67. The molecule has 0 amide bonds. The first-order valence-electron chi connectivity index (χ1n) is 8.94. The second-order valence-corrected chi connectivity index (χ2v) is 9.32. The van der Waals surface area contributed by atoms with Crippen molar-refractivity contribution in [2.75, 3.05) is 13.7 Å². The predicted octanol–water partition coefficient (Wildman–Crippen LogP) is 5.56. The van der Waals surface area contributed by atoms with Gasteiger partial charge in [0.05, 0.1) is 16.6 Å². The molecule has 0 atom stereocenters. The zero-order valence-corrected chi connectivity index (χ0v) is 18.8. The van der Waals surface area contributed by atoms with Crippen molar-refractivity contribution in [3.8, 4) is 10.6 Å². The number of thiophene rings is 1. The molecule has 0 saturated carbocycles. The molecule has 3 aromatic heterocycles. The van der Waals surface area contributed by atoms with E-state index in [4.69, 9.17) is 26.3 Å². The van der Waals surface area contributed by atoms with E-state index in [9.17, 15) is 4.79 Å². The van der Waals surface area contributed by atoms with E-state index in [2.05, 4.69) is 16.8 Å². The number of thiazole rings is 1. The van der Waals surface area contributed by atoms with Crippen molar-refractivity contribution in [3.05, 3.63) is 61.5 Å². The second kappa shape index (κ2) is 9.40. The smallest absolute Gasteiger partial charge is 0.262 e. The van der Waals surface area contributed by atoms with Gasteiger partial charge in [-0.15, -0.1) is 11.3 Å². The Morgan fingerprint density at radius 3 is 2.93 bits per heavy atom. The lowest BCUT2D eigenvalue weighted by atomic mass is 10.2. The minimum atomic E-state index is -0.0532. The van der Waals surface area contributed by atoms with Crippen LogP contribution in [-0.2, 0) is 17.0 Å². The van der Waals surface area contributed by atoms with Crippen LogP contribution in [0.2, 0.25) is 5.02 Å². The molecule has 5 nitrogen and oxygen atoms in total. The van der Waals surface area contributed by atoms with Crippen molar-refractivity contribution in [2.24, 2.45) is 0 Å². The highest BCUT2D eigenvalue weighted by molar-refractivity contribution is 7.98. The number of nitrogens with zero attached hydrogens (tertiary/aromatic N) is 3. The zero-order valence-electron chi connectivity index (χ0n) is 15.6. The van der Waals surface area contributed by atoms with Crippen molar-refractivity contribution in [2.45, 2.75) is 23.9 Å². The lowest BCUT2D eigenvalue weighted by molar-refractivity contribution is 0.189. The molecule has 4 rings (SSSR count). The Labute approximate surface area is 185 Å². The molecule has 1 aromatic carbocycles. The van der Waals surface area contributed by atoms with Crippen LogP contribution in [0.5, 0.6) is 0 Å². The Bertz CT molecular complexity index is 1170. The van der Waals surface area contributed by atoms with Crippen LogP contribution >= 0.6 is 46.0 Å². The summed E-state index contributed by atoms with van der Waals surface area (Å²) in [6.07, 6.45) is 0.740. The largest absolute Gasteiger partial charge is 0.385 e. The highest BCUT2D eigenvalue weighted by Crippen LogP contribution is 2.29. The number of methoxy groups -OCH3 is 1. The Balaban J connectivity index is 1.62. The van der Waals surface area contributed by atoms with E-state index in [0.29, 0.717) is 40.0 Å². The first kappa shape index (κ1) is 20.6. The van der Waals surface area contributed by atoms with E-state index >= 15 is 0 Å². The first-order valence-corrected chi connectivity index (χ1v) is 12.1. The van der Waals surface area contributed by atoms with Gasteiger partial charge in [-0.1, -0.05) is 23.4 Å². The zero-order chi connectivity index (χ0) is 20.2. The SMILES string of the molecule is COCCCn1c(SCc2csc(-c3ccsc3)n2)nc2cc(Cl)ccc2c1=O. The average molecular weight is 464 g/mol. The Morgan fingerprint density at radius 1 is 1.24 bits per heavy atom. The number of hydrogen-bond donors (Lipinski definition) is 0. The van der Waals surface area contributed by atoms with Crippen LogP contribution in [0.15, 0.2) is 50.4 Å². The summed E-state index contributed by atoms with van der Waals surface area (Å²) in [7, 11) is 1.66. The molecule has 0 spiro atoms. The van der Waals surface area contributed by atoms with Gasteiger partial charge < -0.3 is 4.74 Å². The monoisotopic (exact) mass is 463 g/mol. The van der Waals surface area contributed by atoms with E-state index in [1.54, 1.807) is 52.5 Å². The van der Waals surface area contributed by atoms with Crippen LogP contribution in [-0.4, -0.2) is 28.3 Å². The van der Waals surface area contributed by atoms with Crippen molar-refractivity contribution >= 4 is 56.9 Å². The maximum absolute atomic E-state index is 13.0. The number of aromatic nitrogens is 3. The molecule has 4 aromatic rings. The molecule has 0 saturated heterocycles. The molecular weight excluding hydrogens is 446 g/mol. The van der Waals surface area contributed by atoms with Crippen LogP contribution in [0, 0.1) is 0 Å². The van der Waals surface area contributed by atoms with Crippen molar-refractivity contribution in [1.29, 1.82) is 0 Å². The van der Waals surface area contributed by atoms with Crippen molar-refractivity contribution < 1.29 is 4.74 Å². The molecule has 3 heterocycles. The van der Waals surface area contributed by atoms with E-state index < -0.39 is 0 Å². The molecule has 0 bridgehead atoms. The van der Waals surface area contributed by atoms with Crippen molar-refractivity contribution in [1.82, 2.24) is 14.5 Å². The fraction of sp³-hybridized carbons (Fsp3) is 0.250. The maximum atomic E-state index is 13.0. The van der Waals surface area contributed by atoms with Gasteiger partial charge in [0.15, 0.2) is 5.16 Å². The number of hydrogen-bond acceptors (Lipinski definition) is 7. The molecule has 0 aliphatic carbocycles. The van der Waals surface area contributed by atoms with Crippen LogP contribution in [0.25, 0.3) is 21.5 Å². The summed E-state index contributed by atoms with van der Waals surface area (Å²) in [4.78, 5) is 22.5. The topological polar surface area (TPSA) is 57.0 Å². The third-order valence-electron chi connectivity index (χ3n) is 4.28. The van der Waals surface area contributed by atoms with Gasteiger partial charge in [-0.05, 0) is 36.1 Å². The molecule has 29 heavy (non-hydrogen) atoms. The molecule has 0 fully saturated rings. The minimum Gasteiger partial charge on any atom is -0.385 e. The van der Waals surface area contributed by atoms with Crippen LogP contribution in [0.1, 0.15) is 12.1 Å². The Morgan fingerprint density at radius 2 is 2.14 bits per heavy atom. The minimum absolute atomic E-state index is 0.0532. The highest BCUT2D eigenvalue weighted by Gasteiger charge is 2.13. The van der Waals surface area contributed by atoms with Crippen LogP contribution < -0.4 is 5.56 Å². The molecule has 0 aliphatic rings. The average Bonchev–Trinajstić information content (AvgIpc) is 3.40. The van der Waals surface area contributed by atoms with Gasteiger partial charge in [-0.2, -0.15) is 11.3 Å². The summed E-state index contributed by atoms with van der Waals surface area (Å²) < 4.78 is 6.87. The van der Waals surface area contributed by atoms with E-state index in [0.717, 1.165) is 22.7 Å². The van der Waals surface area contributed by atoms with Gasteiger partial charge in [0.25, 0.3) is 5.56 Å². The van der Waals surface area contributed by atoms with E-state index in [-0.39, 0.29) is 5.56 Å². The third kappa shape index (κ3) is 4.73. The van der Waals surface area contributed by atoms with E-state index in [1.165, 1.54) is 11.8 Å². The quantitative estimate of drug-likeness (QED) is 0.194. The number of ether oxygens (including phenoxy) is 1. The number of fused-ring (bicyclic) bond motifs is 1. The summed E-state index contributed by atoms with van der Waals surface area (Å²) >= 11 is 10.9. The number of rotatable bonds is 8. The van der Waals surface area contributed by atoms with Gasteiger partial charge in [-0.3, -0.25) is 9.36 Å². The van der Waals surface area contributed by atoms with Gasteiger partial charge in [-0.25, -0.2) is 9.97 Å². The number of halogens is 1. The molecule has 9 heteroatoms. The van der Waals surface area contributed by atoms with Gasteiger partial charge in [0.1, 0.15) is 5.01 Å². The first-order chi connectivity index (χ1) is 14.2. The molecule has 0 N–H and O–H groups in total. The fourth-order valence-electron chi connectivity index (χ4n) is 2.88. The normalized spacial score (nSPS) is 11.4. The van der Waals surface area contributed by atoms with Gasteiger partial charge >= 0.3 is 0 Å². The second-order valence-electron chi connectivity index (χ2n) is 6.30. The van der Waals surface area contributed by atoms with Gasteiger partial charge in [0, 0.05) is 47.4 Å². The lowest BCUT2D eigenvalue weighted by Gasteiger charge is -2.12. The molecule has 0 aliphatic heterocycles. The summed E-state index contributed by atoms with van der Waals surface area (Å²) in [6, 6.07) is 7.27. The molecule has 150 valence electrons. The summed E-state index contributed by atoms with van der Waals surface area (Å²) in [6.45, 7) is 1.14. The van der Waals surface area contributed by atoms with Gasteiger partial charge in [0.2, 0.25) is 0 Å². The molecule has 0 radical (unpaired) electrons. The number of benzene rings is 1. The summed E-state index contributed by atoms with van der Waals surface area (Å²) in [5.41, 5.74) is 2.68. The summed E-state index contributed by atoms with van der Waals surface area (Å²) in [5.74, 6) is 0.642. The molecule has 0 unspecified atom stereocenters. The highest BCUT2D eigenvalue weighted by atomic mass is 35.5. The standard InChI is InChI=1S/C20H18ClN3O2S3/c1-26-7-2-6-24-19(25)16-4-3-14(21)9-17(16)23-20(24)29-12-15-11-28-18(22-15)13-5-8-27-10-13/h3-5,8-11H,2,6-7,12H2,1H3. The van der Waals surface area contributed by atoms with E-state index in [1.807, 2.05) is 5.38 Å². The van der Waals surface area contributed by atoms with Crippen LogP contribution in [0.4, 0.5) is 0 Å². The number of thioether (sulfide) groups is 1. The predicted molar refractivity (Wildman–Crippen MR) is 122 cm³/mol. The Hall–Kier alpha value is -1.71. The fourth-order valence-corrected chi connectivity index (χ4v) is 5.60. The maximum Gasteiger partial charge on any atom is 0.262 e.